The average molecular weight is 614 g/mol. The SMILES string of the molecule is CCC(C(=O)NC1CCCCC1)N(Cc1ccc(F)cc1)C(=O)CN(c1cccc(Cl)c1)S(=O)(=O)c1ccc(C)cc1. The summed E-state index contributed by atoms with van der Waals surface area (Å²) < 4.78 is 42.6. The molecule has 1 unspecified atom stereocenters. The normalized spacial score (nSPS) is 14.7. The lowest BCUT2D eigenvalue weighted by Crippen LogP contribution is -2.54. The van der Waals surface area contributed by atoms with Gasteiger partial charge in [0.2, 0.25) is 11.8 Å². The van der Waals surface area contributed by atoms with Crippen LogP contribution in [0.2, 0.25) is 5.02 Å². The molecule has 224 valence electrons. The number of amides is 2. The van der Waals surface area contributed by atoms with E-state index in [-0.39, 0.29) is 29.1 Å². The van der Waals surface area contributed by atoms with Gasteiger partial charge in [0.05, 0.1) is 10.6 Å². The Morgan fingerprint density at radius 2 is 1.67 bits per heavy atom. The molecule has 2 amide bonds. The molecule has 1 atom stereocenters. The summed E-state index contributed by atoms with van der Waals surface area (Å²) in [5.41, 5.74) is 1.72. The zero-order chi connectivity index (χ0) is 30.3. The van der Waals surface area contributed by atoms with Gasteiger partial charge in [0.25, 0.3) is 10.0 Å². The molecule has 3 aromatic rings. The first-order valence-electron chi connectivity index (χ1n) is 14.3. The number of carbonyl (C=O) groups is 2. The van der Waals surface area contributed by atoms with E-state index in [1.165, 1.54) is 35.2 Å². The Morgan fingerprint density at radius 3 is 2.29 bits per heavy atom. The minimum absolute atomic E-state index is 0.00364. The summed E-state index contributed by atoms with van der Waals surface area (Å²) in [4.78, 5) is 29.1. The molecule has 7 nitrogen and oxygen atoms in total. The molecule has 0 radical (unpaired) electrons. The molecule has 10 heteroatoms. The van der Waals surface area contributed by atoms with Crippen molar-refractivity contribution >= 4 is 39.1 Å². The van der Waals surface area contributed by atoms with Crippen LogP contribution in [-0.4, -0.2) is 43.8 Å². The van der Waals surface area contributed by atoms with Gasteiger partial charge in [-0.1, -0.05) is 73.7 Å². The van der Waals surface area contributed by atoms with Crippen molar-refractivity contribution in [3.05, 3.63) is 94.8 Å². The Balaban J connectivity index is 1.70. The first-order valence-corrected chi connectivity index (χ1v) is 16.1. The predicted octanol–water partition coefficient (Wildman–Crippen LogP) is 6.24. The number of anilines is 1. The molecule has 1 saturated carbocycles. The van der Waals surface area contributed by atoms with Crippen molar-refractivity contribution in [1.82, 2.24) is 10.2 Å². The number of nitrogens with one attached hydrogen (secondary N) is 1. The first-order chi connectivity index (χ1) is 20.1. The maximum atomic E-state index is 14.1. The summed E-state index contributed by atoms with van der Waals surface area (Å²) in [7, 11) is -4.19. The number of nitrogens with zero attached hydrogens (tertiary/aromatic N) is 2. The lowest BCUT2D eigenvalue weighted by molar-refractivity contribution is -0.140. The van der Waals surface area contributed by atoms with Crippen molar-refractivity contribution in [2.45, 2.75) is 75.9 Å². The molecule has 42 heavy (non-hydrogen) atoms. The molecular weight excluding hydrogens is 577 g/mol. The van der Waals surface area contributed by atoms with Crippen molar-refractivity contribution in [2.75, 3.05) is 10.8 Å². The second-order valence-corrected chi connectivity index (χ2v) is 13.0. The largest absolute Gasteiger partial charge is 0.352 e. The lowest BCUT2D eigenvalue weighted by Gasteiger charge is -2.34. The van der Waals surface area contributed by atoms with E-state index in [0.717, 1.165) is 42.0 Å². The van der Waals surface area contributed by atoms with E-state index in [0.29, 0.717) is 17.0 Å². The fraction of sp³-hybridized carbons (Fsp3) is 0.375. The molecule has 1 N–H and O–H groups in total. The van der Waals surface area contributed by atoms with Crippen molar-refractivity contribution in [2.24, 2.45) is 0 Å². The third kappa shape index (κ3) is 7.89. The van der Waals surface area contributed by atoms with Crippen LogP contribution in [-0.2, 0) is 26.2 Å². The van der Waals surface area contributed by atoms with Gasteiger partial charge in [0.1, 0.15) is 18.4 Å². The fourth-order valence-corrected chi connectivity index (χ4v) is 6.84. The number of halogens is 2. The predicted molar refractivity (Wildman–Crippen MR) is 163 cm³/mol. The molecule has 0 bridgehead atoms. The van der Waals surface area contributed by atoms with Gasteiger partial charge < -0.3 is 10.2 Å². The van der Waals surface area contributed by atoms with Gasteiger partial charge >= 0.3 is 0 Å². The maximum Gasteiger partial charge on any atom is 0.264 e. The van der Waals surface area contributed by atoms with Crippen LogP contribution >= 0.6 is 11.6 Å². The minimum atomic E-state index is -4.19. The molecule has 0 aromatic heterocycles. The second kappa shape index (κ2) is 14.2. The molecular formula is C32H37ClFN3O4S. The van der Waals surface area contributed by atoms with Gasteiger partial charge in [0.15, 0.2) is 0 Å². The Morgan fingerprint density at radius 1 is 1.00 bits per heavy atom. The molecule has 0 heterocycles. The number of hydrogen-bond acceptors (Lipinski definition) is 4. The van der Waals surface area contributed by atoms with E-state index in [1.807, 2.05) is 13.8 Å². The van der Waals surface area contributed by atoms with E-state index >= 15 is 0 Å². The number of rotatable bonds is 11. The number of benzene rings is 3. The molecule has 1 fully saturated rings. The van der Waals surface area contributed by atoms with Crippen LogP contribution in [0.5, 0.6) is 0 Å². The van der Waals surface area contributed by atoms with Crippen LogP contribution in [0.25, 0.3) is 0 Å². The van der Waals surface area contributed by atoms with Crippen LogP contribution in [0.1, 0.15) is 56.6 Å². The summed E-state index contributed by atoms with van der Waals surface area (Å²) >= 11 is 6.23. The third-order valence-corrected chi connectivity index (χ3v) is 9.61. The standard InChI is InChI=1S/C32H37ClFN3O4S/c1-3-30(32(39)35-27-9-5-4-6-10-27)36(21-24-14-16-26(34)17-15-24)31(38)22-37(28-11-7-8-25(33)20-28)42(40,41)29-18-12-23(2)13-19-29/h7-8,11-20,27,30H,3-6,9-10,21-22H2,1-2H3,(H,35,39). The second-order valence-electron chi connectivity index (χ2n) is 10.7. The van der Waals surface area contributed by atoms with Gasteiger partial charge in [-0.25, -0.2) is 12.8 Å². The van der Waals surface area contributed by atoms with Crippen molar-refractivity contribution in [1.29, 1.82) is 0 Å². The molecule has 1 aliphatic carbocycles. The highest BCUT2D eigenvalue weighted by Gasteiger charge is 2.34. The van der Waals surface area contributed by atoms with Crippen LogP contribution in [0, 0.1) is 12.7 Å². The summed E-state index contributed by atoms with van der Waals surface area (Å²) in [6.07, 6.45) is 5.27. The van der Waals surface area contributed by atoms with Gasteiger partial charge in [-0.15, -0.1) is 0 Å². The van der Waals surface area contributed by atoms with Crippen molar-refractivity contribution in [3.63, 3.8) is 0 Å². The topological polar surface area (TPSA) is 86.8 Å². The minimum Gasteiger partial charge on any atom is -0.352 e. The van der Waals surface area contributed by atoms with Crippen LogP contribution in [0.15, 0.2) is 77.7 Å². The Bertz CT molecular complexity index is 1480. The van der Waals surface area contributed by atoms with Crippen molar-refractivity contribution in [3.8, 4) is 0 Å². The molecule has 0 saturated heterocycles. The zero-order valence-corrected chi connectivity index (χ0v) is 25.5. The Kier molecular flexibility index (Phi) is 10.6. The molecule has 4 rings (SSSR count). The van der Waals surface area contributed by atoms with E-state index < -0.39 is 34.3 Å². The zero-order valence-electron chi connectivity index (χ0n) is 23.9. The quantitative estimate of drug-likeness (QED) is 0.277. The fourth-order valence-electron chi connectivity index (χ4n) is 5.25. The summed E-state index contributed by atoms with van der Waals surface area (Å²) in [6.45, 7) is 3.10. The average Bonchev–Trinajstić information content (AvgIpc) is 2.97. The monoisotopic (exact) mass is 613 g/mol. The molecule has 0 aliphatic heterocycles. The third-order valence-electron chi connectivity index (χ3n) is 7.59. The van der Waals surface area contributed by atoms with Gasteiger partial charge in [-0.05, 0) is 74.2 Å². The number of sulfonamides is 1. The highest BCUT2D eigenvalue weighted by Crippen LogP contribution is 2.27. The van der Waals surface area contributed by atoms with Crippen molar-refractivity contribution < 1.29 is 22.4 Å². The summed E-state index contributed by atoms with van der Waals surface area (Å²) in [5.74, 6) is -1.27. The summed E-state index contributed by atoms with van der Waals surface area (Å²) in [5, 5.41) is 3.42. The number of aryl methyl sites for hydroxylation is 1. The smallest absolute Gasteiger partial charge is 0.264 e. The Hall–Kier alpha value is -3.43. The molecule has 1 aliphatic rings. The van der Waals surface area contributed by atoms with Gasteiger partial charge in [0, 0.05) is 17.6 Å². The van der Waals surface area contributed by atoms with Gasteiger partial charge in [-0.3, -0.25) is 13.9 Å². The summed E-state index contributed by atoms with van der Waals surface area (Å²) in [6, 6.07) is 17.5. The molecule has 0 spiro atoms. The van der Waals surface area contributed by atoms with E-state index in [2.05, 4.69) is 5.32 Å². The highest BCUT2D eigenvalue weighted by molar-refractivity contribution is 7.92. The van der Waals surface area contributed by atoms with E-state index in [4.69, 9.17) is 11.6 Å². The number of carbonyl (C=O) groups excluding carboxylic acids is 2. The maximum absolute atomic E-state index is 14.1. The first kappa shape index (κ1) is 31.5. The highest BCUT2D eigenvalue weighted by atomic mass is 35.5. The lowest BCUT2D eigenvalue weighted by atomic mass is 9.95. The van der Waals surface area contributed by atoms with Gasteiger partial charge in [-0.2, -0.15) is 0 Å². The Labute approximate surface area is 252 Å². The van der Waals surface area contributed by atoms with Crippen LogP contribution in [0.4, 0.5) is 10.1 Å². The van der Waals surface area contributed by atoms with Crippen LogP contribution in [0.3, 0.4) is 0 Å². The van der Waals surface area contributed by atoms with E-state index in [1.54, 1.807) is 42.5 Å². The molecule has 3 aromatic carbocycles. The number of hydrogen-bond donors (Lipinski definition) is 1. The van der Waals surface area contributed by atoms with Crippen LogP contribution < -0.4 is 9.62 Å². The van der Waals surface area contributed by atoms with E-state index in [9.17, 15) is 22.4 Å².